The van der Waals surface area contributed by atoms with Crippen molar-refractivity contribution in [3.05, 3.63) is 63.2 Å². The number of esters is 1. The molecule has 29 heavy (non-hydrogen) atoms. The van der Waals surface area contributed by atoms with Crippen LogP contribution in [-0.2, 0) is 9.53 Å². The number of fused-ring (bicyclic) bond motifs is 1. The van der Waals surface area contributed by atoms with E-state index in [1.54, 1.807) is 0 Å². The summed E-state index contributed by atoms with van der Waals surface area (Å²) >= 11 is 0. The molecule has 2 aromatic rings. The first-order chi connectivity index (χ1) is 13.7. The standard InChI is InChI=1S/C18H13N3O8/c1-29-18(26)9-5-6-11(13(22)7-9)19-14(23)8-20-16(24)10-3-2-4-12(21(27)28)15(10)17(20)25/h2-7,22H,8H2,1H3,(H,19,23). The van der Waals surface area contributed by atoms with E-state index in [4.69, 9.17) is 0 Å². The summed E-state index contributed by atoms with van der Waals surface area (Å²) in [6.07, 6.45) is 0. The Balaban J connectivity index is 1.78. The van der Waals surface area contributed by atoms with Crippen LogP contribution in [0.2, 0.25) is 0 Å². The van der Waals surface area contributed by atoms with Gasteiger partial charge in [-0.3, -0.25) is 29.4 Å². The average Bonchev–Trinajstić information content (AvgIpc) is 2.93. The quantitative estimate of drug-likeness (QED) is 0.251. The van der Waals surface area contributed by atoms with Gasteiger partial charge in [0.1, 0.15) is 17.9 Å². The Labute approximate surface area is 162 Å². The van der Waals surface area contributed by atoms with Crippen molar-refractivity contribution in [2.24, 2.45) is 0 Å². The second kappa shape index (κ2) is 7.38. The van der Waals surface area contributed by atoms with Crippen LogP contribution in [0.25, 0.3) is 0 Å². The van der Waals surface area contributed by atoms with Crippen molar-refractivity contribution in [2.75, 3.05) is 19.0 Å². The molecule has 1 aliphatic rings. The number of methoxy groups -OCH3 is 1. The fourth-order valence-corrected chi connectivity index (χ4v) is 2.83. The number of aromatic hydroxyl groups is 1. The number of nitrogens with zero attached hydrogens (tertiary/aromatic N) is 2. The molecule has 0 aliphatic carbocycles. The molecule has 0 radical (unpaired) electrons. The Morgan fingerprint density at radius 2 is 1.93 bits per heavy atom. The predicted molar refractivity (Wildman–Crippen MR) is 96.5 cm³/mol. The summed E-state index contributed by atoms with van der Waals surface area (Å²) in [5.74, 6) is -3.75. The van der Waals surface area contributed by atoms with Crippen LogP contribution in [0.3, 0.4) is 0 Å². The summed E-state index contributed by atoms with van der Waals surface area (Å²) in [7, 11) is 1.17. The van der Waals surface area contributed by atoms with E-state index in [1.165, 1.54) is 31.4 Å². The maximum atomic E-state index is 12.5. The van der Waals surface area contributed by atoms with Crippen molar-refractivity contribution in [1.29, 1.82) is 0 Å². The van der Waals surface area contributed by atoms with E-state index in [0.29, 0.717) is 4.90 Å². The molecule has 0 unspecified atom stereocenters. The van der Waals surface area contributed by atoms with Crippen molar-refractivity contribution in [1.82, 2.24) is 4.90 Å². The third-order valence-corrected chi connectivity index (χ3v) is 4.17. The van der Waals surface area contributed by atoms with Crippen molar-refractivity contribution < 1.29 is 33.9 Å². The largest absolute Gasteiger partial charge is 0.506 e. The van der Waals surface area contributed by atoms with Crippen LogP contribution in [0.15, 0.2) is 36.4 Å². The number of nitrogens with one attached hydrogen (secondary N) is 1. The number of benzene rings is 2. The molecule has 3 amide bonds. The number of imide groups is 1. The first-order valence-electron chi connectivity index (χ1n) is 8.09. The summed E-state index contributed by atoms with van der Waals surface area (Å²) in [5, 5.41) is 23.4. The minimum atomic E-state index is -0.960. The number of nitro groups is 1. The Hall–Kier alpha value is -4.28. The second-order valence-corrected chi connectivity index (χ2v) is 5.92. The molecule has 2 N–H and O–H groups in total. The fourth-order valence-electron chi connectivity index (χ4n) is 2.83. The first-order valence-corrected chi connectivity index (χ1v) is 8.09. The summed E-state index contributed by atoms with van der Waals surface area (Å²) in [6, 6.07) is 7.24. The van der Waals surface area contributed by atoms with Gasteiger partial charge >= 0.3 is 5.97 Å². The first kappa shape index (κ1) is 19.5. The number of rotatable bonds is 5. The molecule has 1 aliphatic heterocycles. The number of nitro benzene ring substituents is 1. The van der Waals surface area contributed by atoms with E-state index in [9.17, 15) is 34.4 Å². The number of hydrogen-bond acceptors (Lipinski definition) is 8. The number of phenols is 1. The molecule has 0 atom stereocenters. The zero-order valence-electron chi connectivity index (χ0n) is 14.9. The molecule has 0 saturated carbocycles. The van der Waals surface area contributed by atoms with Crippen molar-refractivity contribution >= 4 is 35.1 Å². The Morgan fingerprint density at radius 1 is 1.21 bits per heavy atom. The lowest BCUT2D eigenvalue weighted by Gasteiger charge is -2.14. The smallest absolute Gasteiger partial charge is 0.337 e. The molecule has 0 bridgehead atoms. The molecule has 1 heterocycles. The van der Waals surface area contributed by atoms with E-state index in [2.05, 4.69) is 10.1 Å². The molecule has 0 fully saturated rings. The number of hydrogen-bond donors (Lipinski definition) is 2. The van der Waals surface area contributed by atoms with E-state index in [1.807, 2.05) is 0 Å². The normalized spacial score (nSPS) is 12.5. The molecule has 2 aromatic carbocycles. The van der Waals surface area contributed by atoms with Gasteiger partial charge in [0.25, 0.3) is 17.5 Å². The van der Waals surface area contributed by atoms with Gasteiger partial charge in [-0.25, -0.2) is 4.79 Å². The topological polar surface area (TPSA) is 156 Å². The van der Waals surface area contributed by atoms with Crippen molar-refractivity contribution in [3.8, 4) is 5.75 Å². The number of anilines is 1. The van der Waals surface area contributed by atoms with Crippen molar-refractivity contribution in [2.45, 2.75) is 0 Å². The minimum absolute atomic E-state index is 0.0515. The maximum absolute atomic E-state index is 12.5. The Kier molecular flexibility index (Phi) is 4.96. The molecule has 11 heteroatoms. The number of phenolic OH excluding ortho intramolecular Hbond substituents is 1. The number of ether oxygens (including phenoxy) is 1. The average molecular weight is 399 g/mol. The highest BCUT2D eigenvalue weighted by atomic mass is 16.6. The van der Waals surface area contributed by atoms with E-state index < -0.39 is 46.6 Å². The maximum Gasteiger partial charge on any atom is 0.337 e. The molecule has 11 nitrogen and oxygen atoms in total. The van der Waals surface area contributed by atoms with Crippen LogP contribution < -0.4 is 5.32 Å². The van der Waals surface area contributed by atoms with Gasteiger partial charge in [0.2, 0.25) is 5.91 Å². The summed E-state index contributed by atoms with van der Waals surface area (Å²) in [6.45, 7) is -0.721. The monoisotopic (exact) mass is 399 g/mol. The van der Waals surface area contributed by atoms with Gasteiger partial charge in [-0.1, -0.05) is 6.07 Å². The van der Waals surface area contributed by atoms with Gasteiger partial charge in [-0.15, -0.1) is 0 Å². The molecule has 3 rings (SSSR count). The van der Waals surface area contributed by atoms with Gasteiger partial charge in [-0.2, -0.15) is 0 Å². The van der Waals surface area contributed by atoms with Gasteiger partial charge in [0.05, 0.1) is 28.8 Å². The highest BCUT2D eigenvalue weighted by molar-refractivity contribution is 6.24. The van der Waals surface area contributed by atoms with E-state index in [-0.39, 0.29) is 22.4 Å². The fraction of sp³-hybridized carbons (Fsp3) is 0.111. The van der Waals surface area contributed by atoms with Gasteiger partial charge in [0.15, 0.2) is 0 Å². The second-order valence-electron chi connectivity index (χ2n) is 5.92. The predicted octanol–water partition coefficient (Wildman–Crippen LogP) is 1.32. The van der Waals surface area contributed by atoms with E-state index in [0.717, 1.165) is 12.1 Å². The van der Waals surface area contributed by atoms with Crippen LogP contribution in [0.4, 0.5) is 11.4 Å². The van der Waals surface area contributed by atoms with Crippen LogP contribution in [0, 0.1) is 10.1 Å². The molecule has 148 valence electrons. The van der Waals surface area contributed by atoms with Gasteiger partial charge < -0.3 is 15.2 Å². The molecule has 0 spiro atoms. The van der Waals surface area contributed by atoms with Crippen LogP contribution in [0.1, 0.15) is 31.1 Å². The molecule has 0 aromatic heterocycles. The molecule has 0 saturated heterocycles. The van der Waals surface area contributed by atoms with Gasteiger partial charge in [0, 0.05) is 6.07 Å². The lowest BCUT2D eigenvalue weighted by molar-refractivity contribution is -0.385. The highest BCUT2D eigenvalue weighted by Crippen LogP contribution is 2.31. The molecular weight excluding hydrogens is 386 g/mol. The Bertz CT molecular complexity index is 1080. The zero-order chi connectivity index (χ0) is 21.3. The highest BCUT2D eigenvalue weighted by Gasteiger charge is 2.41. The number of carbonyl (C=O) groups is 4. The zero-order valence-corrected chi connectivity index (χ0v) is 14.9. The molecular formula is C18H13N3O8. The number of carbonyl (C=O) groups excluding carboxylic acids is 4. The van der Waals surface area contributed by atoms with Gasteiger partial charge in [-0.05, 0) is 24.3 Å². The summed E-state index contributed by atoms with van der Waals surface area (Å²) in [4.78, 5) is 59.4. The summed E-state index contributed by atoms with van der Waals surface area (Å²) < 4.78 is 4.51. The minimum Gasteiger partial charge on any atom is -0.506 e. The summed E-state index contributed by atoms with van der Waals surface area (Å²) in [5.41, 5.74) is -1.08. The van der Waals surface area contributed by atoms with Crippen LogP contribution in [-0.4, -0.2) is 52.3 Å². The Morgan fingerprint density at radius 3 is 2.55 bits per heavy atom. The lowest BCUT2D eigenvalue weighted by atomic mass is 10.1. The third kappa shape index (κ3) is 3.48. The van der Waals surface area contributed by atoms with Crippen molar-refractivity contribution in [3.63, 3.8) is 0 Å². The lowest BCUT2D eigenvalue weighted by Crippen LogP contribution is -2.37. The van der Waals surface area contributed by atoms with Crippen LogP contribution in [0.5, 0.6) is 5.75 Å². The van der Waals surface area contributed by atoms with E-state index >= 15 is 0 Å². The van der Waals surface area contributed by atoms with Crippen LogP contribution >= 0.6 is 0 Å². The SMILES string of the molecule is COC(=O)c1ccc(NC(=O)CN2C(=O)c3cccc([N+](=O)[O-])c3C2=O)c(O)c1. The number of amides is 3. The third-order valence-electron chi connectivity index (χ3n) is 4.17.